The van der Waals surface area contributed by atoms with Gasteiger partial charge < -0.3 is 14.8 Å². The number of ether oxygens (including phenoxy) is 2. The van der Waals surface area contributed by atoms with E-state index in [0.29, 0.717) is 6.04 Å². The van der Waals surface area contributed by atoms with Gasteiger partial charge in [0, 0.05) is 32.8 Å². The zero-order chi connectivity index (χ0) is 14.8. The molecule has 1 unspecified atom stereocenters. The topological polar surface area (TPSA) is 33.7 Å². The van der Waals surface area contributed by atoms with Gasteiger partial charge in [-0.3, -0.25) is 4.90 Å². The number of likely N-dealkylation sites (N-methyl/N-ethyl adjacent to an activating group) is 1. The summed E-state index contributed by atoms with van der Waals surface area (Å²) >= 11 is 0. The Bertz CT molecular complexity index is 371. The number of nitrogens with zero attached hydrogens (tertiary/aromatic N) is 1. The molecule has 0 radical (unpaired) electrons. The van der Waals surface area contributed by atoms with E-state index in [1.54, 1.807) is 14.2 Å². The molecule has 20 heavy (non-hydrogen) atoms. The van der Waals surface area contributed by atoms with Crippen LogP contribution >= 0.6 is 0 Å². The molecule has 0 aliphatic carbocycles. The normalized spacial score (nSPS) is 12.7. The summed E-state index contributed by atoms with van der Waals surface area (Å²) in [6, 6.07) is 8.73. The fraction of sp³-hybridized carbons (Fsp3) is 0.625. The minimum absolute atomic E-state index is 0.490. The van der Waals surface area contributed by atoms with Crippen LogP contribution in [-0.2, 0) is 11.3 Å². The summed E-state index contributed by atoms with van der Waals surface area (Å²) in [4.78, 5) is 2.35. The molecule has 0 heterocycles. The summed E-state index contributed by atoms with van der Waals surface area (Å²) in [7, 11) is 5.60. The van der Waals surface area contributed by atoms with Crippen molar-refractivity contribution in [1.82, 2.24) is 10.2 Å². The monoisotopic (exact) mass is 280 g/mol. The average molecular weight is 280 g/mol. The first-order chi connectivity index (χ1) is 9.67. The Labute approximate surface area is 123 Å². The molecular weight excluding hydrogens is 252 g/mol. The van der Waals surface area contributed by atoms with Crippen molar-refractivity contribution in [1.29, 1.82) is 0 Å². The van der Waals surface area contributed by atoms with Crippen molar-refractivity contribution in [3.8, 4) is 5.75 Å². The highest BCUT2D eigenvalue weighted by molar-refractivity contribution is 5.28. The number of hydrogen-bond acceptors (Lipinski definition) is 4. The summed E-state index contributed by atoms with van der Waals surface area (Å²) in [5.41, 5.74) is 1.28. The Morgan fingerprint density at radius 1 is 1.30 bits per heavy atom. The summed E-state index contributed by atoms with van der Waals surface area (Å²) in [5, 5.41) is 3.46. The van der Waals surface area contributed by atoms with Crippen molar-refractivity contribution in [2.24, 2.45) is 0 Å². The molecule has 1 aromatic rings. The lowest BCUT2D eigenvalue weighted by atomic mass is 10.2. The Morgan fingerprint density at radius 3 is 2.80 bits per heavy atom. The SMILES string of the molecule is COCCCNCC(C)N(C)Cc1cccc(OC)c1. The van der Waals surface area contributed by atoms with Crippen molar-refractivity contribution < 1.29 is 9.47 Å². The molecule has 0 spiro atoms. The molecule has 0 aliphatic rings. The van der Waals surface area contributed by atoms with Gasteiger partial charge in [0.2, 0.25) is 0 Å². The zero-order valence-electron chi connectivity index (χ0n) is 13.2. The van der Waals surface area contributed by atoms with Gasteiger partial charge in [0.25, 0.3) is 0 Å². The van der Waals surface area contributed by atoms with Crippen LogP contribution in [0.2, 0.25) is 0 Å². The molecule has 0 saturated carbocycles. The van der Waals surface area contributed by atoms with Gasteiger partial charge in [-0.05, 0) is 44.6 Å². The van der Waals surface area contributed by atoms with Gasteiger partial charge >= 0.3 is 0 Å². The number of hydrogen-bond donors (Lipinski definition) is 1. The highest BCUT2D eigenvalue weighted by atomic mass is 16.5. The smallest absolute Gasteiger partial charge is 0.119 e. The van der Waals surface area contributed by atoms with Crippen LogP contribution in [-0.4, -0.2) is 51.9 Å². The molecule has 1 rings (SSSR count). The Kier molecular flexibility index (Phi) is 8.26. The summed E-state index contributed by atoms with van der Waals surface area (Å²) < 4.78 is 10.3. The van der Waals surface area contributed by atoms with Crippen molar-refractivity contribution in [3.63, 3.8) is 0 Å². The van der Waals surface area contributed by atoms with E-state index in [1.165, 1.54) is 5.56 Å². The lowest BCUT2D eigenvalue weighted by molar-refractivity contribution is 0.191. The van der Waals surface area contributed by atoms with Gasteiger partial charge in [0.15, 0.2) is 0 Å². The quantitative estimate of drug-likeness (QED) is 0.666. The van der Waals surface area contributed by atoms with E-state index in [-0.39, 0.29) is 0 Å². The van der Waals surface area contributed by atoms with Crippen LogP contribution in [0.15, 0.2) is 24.3 Å². The number of benzene rings is 1. The van der Waals surface area contributed by atoms with E-state index in [0.717, 1.165) is 38.4 Å². The maximum absolute atomic E-state index is 5.26. The largest absolute Gasteiger partial charge is 0.497 e. The van der Waals surface area contributed by atoms with Gasteiger partial charge in [-0.2, -0.15) is 0 Å². The average Bonchev–Trinajstić information content (AvgIpc) is 2.47. The van der Waals surface area contributed by atoms with Crippen LogP contribution in [0, 0.1) is 0 Å². The fourth-order valence-electron chi connectivity index (χ4n) is 2.02. The second-order valence-electron chi connectivity index (χ2n) is 5.17. The van der Waals surface area contributed by atoms with E-state index in [1.807, 2.05) is 12.1 Å². The molecule has 0 aliphatic heterocycles. The molecule has 0 aromatic heterocycles. The Hall–Kier alpha value is -1.10. The molecule has 1 N–H and O–H groups in total. The summed E-state index contributed by atoms with van der Waals surface area (Å²) in [5.74, 6) is 0.918. The van der Waals surface area contributed by atoms with Crippen molar-refractivity contribution in [3.05, 3.63) is 29.8 Å². The molecule has 1 aromatic carbocycles. The van der Waals surface area contributed by atoms with Gasteiger partial charge in [0.05, 0.1) is 7.11 Å². The summed E-state index contributed by atoms with van der Waals surface area (Å²) in [6.07, 6.45) is 1.06. The minimum atomic E-state index is 0.490. The lowest BCUT2D eigenvalue weighted by Gasteiger charge is -2.25. The highest BCUT2D eigenvalue weighted by Gasteiger charge is 2.09. The maximum Gasteiger partial charge on any atom is 0.119 e. The Balaban J connectivity index is 2.31. The van der Waals surface area contributed by atoms with Crippen molar-refractivity contribution >= 4 is 0 Å². The third kappa shape index (κ3) is 6.37. The van der Waals surface area contributed by atoms with Crippen LogP contribution in [0.4, 0.5) is 0 Å². The minimum Gasteiger partial charge on any atom is -0.497 e. The first kappa shape index (κ1) is 17.0. The second-order valence-corrected chi connectivity index (χ2v) is 5.17. The van der Waals surface area contributed by atoms with E-state index in [9.17, 15) is 0 Å². The predicted octanol–water partition coefficient (Wildman–Crippen LogP) is 2.14. The number of methoxy groups -OCH3 is 2. The highest BCUT2D eigenvalue weighted by Crippen LogP contribution is 2.14. The van der Waals surface area contributed by atoms with E-state index in [4.69, 9.17) is 9.47 Å². The maximum atomic E-state index is 5.26. The molecule has 0 saturated heterocycles. The van der Waals surface area contributed by atoms with Crippen LogP contribution in [0.5, 0.6) is 5.75 Å². The van der Waals surface area contributed by atoms with E-state index >= 15 is 0 Å². The van der Waals surface area contributed by atoms with Crippen LogP contribution in [0.3, 0.4) is 0 Å². The van der Waals surface area contributed by atoms with Gasteiger partial charge in [-0.1, -0.05) is 12.1 Å². The van der Waals surface area contributed by atoms with Crippen LogP contribution in [0.1, 0.15) is 18.9 Å². The number of nitrogens with one attached hydrogen (secondary N) is 1. The molecular formula is C16H28N2O2. The molecule has 1 atom stereocenters. The molecule has 0 amide bonds. The van der Waals surface area contributed by atoms with Crippen LogP contribution in [0.25, 0.3) is 0 Å². The predicted molar refractivity (Wildman–Crippen MR) is 83.3 cm³/mol. The van der Waals surface area contributed by atoms with E-state index < -0.39 is 0 Å². The molecule has 114 valence electrons. The molecule has 0 bridgehead atoms. The van der Waals surface area contributed by atoms with Gasteiger partial charge in [0.1, 0.15) is 5.75 Å². The fourth-order valence-corrected chi connectivity index (χ4v) is 2.02. The van der Waals surface area contributed by atoms with Gasteiger partial charge in [-0.25, -0.2) is 0 Å². The van der Waals surface area contributed by atoms with E-state index in [2.05, 4.69) is 36.3 Å². The first-order valence-corrected chi connectivity index (χ1v) is 7.20. The van der Waals surface area contributed by atoms with Crippen LogP contribution < -0.4 is 10.1 Å². The first-order valence-electron chi connectivity index (χ1n) is 7.20. The standard InChI is InChI=1S/C16H28N2O2/c1-14(12-17-9-6-10-19-3)18(2)13-15-7-5-8-16(11-15)20-4/h5,7-8,11,14,17H,6,9-10,12-13H2,1-4H3. The third-order valence-corrected chi connectivity index (χ3v) is 3.46. The van der Waals surface area contributed by atoms with Gasteiger partial charge in [-0.15, -0.1) is 0 Å². The summed E-state index contributed by atoms with van der Waals surface area (Å²) in [6.45, 7) is 5.98. The zero-order valence-corrected chi connectivity index (χ0v) is 13.2. The molecule has 4 heteroatoms. The molecule has 4 nitrogen and oxygen atoms in total. The van der Waals surface area contributed by atoms with Crippen molar-refractivity contribution in [2.75, 3.05) is 41.0 Å². The second kappa shape index (κ2) is 9.75. The Morgan fingerprint density at radius 2 is 2.10 bits per heavy atom. The molecule has 0 fully saturated rings. The van der Waals surface area contributed by atoms with Crippen molar-refractivity contribution in [2.45, 2.75) is 25.9 Å². The number of rotatable bonds is 10. The third-order valence-electron chi connectivity index (χ3n) is 3.46. The lowest BCUT2D eigenvalue weighted by Crippen LogP contribution is -2.38.